The van der Waals surface area contributed by atoms with Crippen molar-refractivity contribution in [3.8, 4) is 17.3 Å². The normalized spacial score (nSPS) is 21.9. The third-order valence-corrected chi connectivity index (χ3v) is 10.1. The van der Waals surface area contributed by atoms with Gasteiger partial charge in [0.1, 0.15) is 22.7 Å². The van der Waals surface area contributed by atoms with Gasteiger partial charge in [0.15, 0.2) is 5.82 Å². The number of fused-ring (bicyclic) bond motifs is 4. The number of sulfonamides is 1. The zero-order valence-electron chi connectivity index (χ0n) is 24.1. The predicted molar refractivity (Wildman–Crippen MR) is 158 cm³/mol. The SMILES string of the molecule is COc1cc(C(=O)N2[C@H]3CC[C@@H]2[C@H](N)C3)cc2nc(-c3cc4ccc(N(C(F)F)S(C)(=O)=O)nc4n3CC3CC3)n(C)c12. The van der Waals surface area contributed by atoms with Crippen LogP contribution in [0.2, 0.25) is 0 Å². The Hall–Kier alpha value is -3.78. The van der Waals surface area contributed by atoms with Gasteiger partial charge in [-0.3, -0.25) is 4.79 Å². The number of carbonyl (C=O) groups is 1. The second-order valence-corrected chi connectivity index (χ2v) is 13.8. The topological polar surface area (TPSA) is 129 Å². The molecule has 2 N–H and O–H groups in total. The molecule has 228 valence electrons. The number of aromatic nitrogens is 4. The summed E-state index contributed by atoms with van der Waals surface area (Å²) in [6.45, 7) is -2.70. The highest BCUT2D eigenvalue weighted by Gasteiger charge is 2.47. The fraction of sp³-hybridized carbons (Fsp3) is 0.483. The van der Waals surface area contributed by atoms with Gasteiger partial charge in [-0.25, -0.2) is 18.4 Å². The van der Waals surface area contributed by atoms with Crippen molar-refractivity contribution >= 4 is 43.8 Å². The largest absolute Gasteiger partial charge is 0.494 e. The molecule has 2 bridgehead atoms. The average molecular weight is 614 g/mol. The summed E-state index contributed by atoms with van der Waals surface area (Å²) in [7, 11) is -0.858. The summed E-state index contributed by atoms with van der Waals surface area (Å²) in [6.07, 6.45) is 5.45. The summed E-state index contributed by atoms with van der Waals surface area (Å²) < 4.78 is 61.5. The third-order valence-electron chi connectivity index (χ3n) is 9.08. The van der Waals surface area contributed by atoms with Crippen LogP contribution in [0.15, 0.2) is 30.3 Å². The zero-order valence-corrected chi connectivity index (χ0v) is 24.9. The van der Waals surface area contributed by atoms with E-state index in [1.54, 1.807) is 25.3 Å². The van der Waals surface area contributed by atoms with Gasteiger partial charge in [0.2, 0.25) is 10.0 Å². The maximum Gasteiger partial charge on any atom is 0.329 e. The molecular formula is C29H33F2N7O4S. The number of anilines is 1. The smallest absolute Gasteiger partial charge is 0.329 e. The van der Waals surface area contributed by atoms with Crippen LogP contribution in [0.3, 0.4) is 0 Å². The van der Waals surface area contributed by atoms with Crippen LogP contribution in [0.1, 0.15) is 42.5 Å². The molecule has 2 saturated heterocycles. The molecule has 1 aromatic carbocycles. The lowest BCUT2D eigenvalue weighted by atomic mass is 9.97. The molecule has 0 spiro atoms. The van der Waals surface area contributed by atoms with E-state index < -0.39 is 16.6 Å². The van der Waals surface area contributed by atoms with Crippen molar-refractivity contribution in [3.63, 3.8) is 0 Å². The molecule has 1 aliphatic carbocycles. The van der Waals surface area contributed by atoms with E-state index in [9.17, 15) is 22.0 Å². The summed E-state index contributed by atoms with van der Waals surface area (Å²) in [6, 6.07) is 8.47. The Kier molecular flexibility index (Phi) is 6.43. The Morgan fingerprint density at radius 1 is 1.16 bits per heavy atom. The van der Waals surface area contributed by atoms with E-state index in [1.165, 1.54) is 6.07 Å². The first-order valence-corrected chi connectivity index (χ1v) is 16.2. The standard InChI is InChI=1S/C29H33F2N7O4S/c1-35-25-20(10-17(12-23(25)42-2)28(39)37-18-7-8-21(37)19(32)13-18)33-27(35)22-11-16-6-9-24(38(29(30)31)43(3,40)41)34-26(16)36(22)14-15-4-5-15/h6,9-12,15,18-19,21,29H,4-5,7-8,13-14,32H2,1-3H3/t18-,19+,21+/m0/s1. The number of hydrogen-bond acceptors (Lipinski definition) is 7. The fourth-order valence-corrected chi connectivity index (χ4v) is 7.63. The van der Waals surface area contributed by atoms with E-state index in [0.29, 0.717) is 57.4 Å². The number of methoxy groups -OCH3 is 1. The maximum absolute atomic E-state index is 13.8. The van der Waals surface area contributed by atoms with Gasteiger partial charge in [0.25, 0.3) is 5.91 Å². The number of aryl methyl sites for hydroxylation is 1. The van der Waals surface area contributed by atoms with Crippen LogP contribution < -0.4 is 14.8 Å². The van der Waals surface area contributed by atoms with E-state index in [2.05, 4.69) is 4.98 Å². The summed E-state index contributed by atoms with van der Waals surface area (Å²) in [4.78, 5) is 25.0. The Morgan fingerprint density at radius 3 is 2.53 bits per heavy atom. The van der Waals surface area contributed by atoms with Crippen LogP contribution in [0.5, 0.6) is 5.75 Å². The number of carbonyl (C=O) groups excluding carboxylic acids is 1. The Balaban J connectivity index is 1.36. The first kappa shape index (κ1) is 28.0. The highest BCUT2D eigenvalue weighted by Crippen LogP contribution is 2.41. The van der Waals surface area contributed by atoms with Crippen molar-refractivity contribution in [2.75, 3.05) is 17.7 Å². The maximum atomic E-state index is 13.8. The molecule has 43 heavy (non-hydrogen) atoms. The number of imidazole rings is 1. The molecule has 2 aliphatic heterocycles. The Morgan fingerprint density at radius 2 is 1.93 bits per heavy atom. The lowest BCUT2D eigenvalue weighted by Gasteiger charge is -2.23. The minimum atomic E-state index is -4.27. The number of hydrogen-bond donors (Lipinski definition) is 1. The second-order valence-electron chi connectivity index (χ2n) is 12.0. The van der Waals surface area contributed by atoms with Gasteiger partial charge in [-0.15, -0.1) is 0 Å². The molecule has 3 atom stereocenters. The molecule has 3 fully saturated rings. The van der Waals surface area contributed by atoms with Gasteiger partial charge >= 0.3 is 6.55 Å². The van der Waals surface area contributed by atoms with Crippen LogP contribution in [-0.4, -0.2) is 76.4 Å². The third kappa shape index (κ3) is 4.53. The van der Waals surface area contributed by atoms with Crippen molar-refractivity contribution in [1.29, 1.82) is 0 Å². The van der Waals surface area contributed by atoms with Crippen molar-refractivity contribution < 1.29 is 26.7 Å². The monoisotopic (exact) mass is 613 g/mol. The number of alkyl halides is 2. The average Bonchev–Trinajstić information content (AvgIpc) is 3.27. The molecule has 5 heterocycles. The number of nitrogens with zero attached hydrogens (tertiary/aromatic N) is 6. The van der Waals surface area contributed by atoms with Crippen LogP contribution >= 0.6 is 0 Å². The quantitative estimate of drug-likeness (QED) is 0.300. The number of halogens is 2. The number of amides is 1. The molecule has 14 heteroatoms. The van der Waals surface area contributed by atoms with Crippen LogP contribution in [-0.2, 0) is 23.6 Å². The molecule has 4 aromatic rings. The van der Waals surface area contributed by atoms with E-state index in [1.807, 2.05) is 27.1 Å². The number of nitrogens with two attached hydrogens (primary N) is 1. The van der Waals surface area contributed by atoms with Gasteiger partial charge < -0.3 is 24.5 Å². The van der Waals surface area contributed by atoms with Gasteiger partial charge in [0, 0.05) is 42.7 Å². The molecule has 11 nitrogen and oxygen atoms in total. The molecule has 1 amide bonds. The number of pyridine rings is 1. The van der Waals surface area contributed by atoms with E-state index >= 15 is 0 Å². The first-order valence-electron chi connectivity index (χ1n) is 14.4. The Labute approximate surface area is 247 Å². The molecule has 3 aliphatic rings. The summed E-state index contributed by atoms with van der Waals surface area (Å²) in [5.74, 6) is 1.04. The van der Waals surface area contributed by atoms with Crippen LogP contribution in [0.4, 0.5) is 14.6 Å². The van der Waals surface area contributed by atoms with Gasteiger partial charge in [0.05, 0.1) is 24.6 Å². The minimum Gasteiger partial charge on any atom is -0.494 e. The molecule has 0 radical (unpaired) electrons. The first-order chi connectivity index (χ1) is 20.5. The summed E-state index contributed by atoms with van der Waals surface area (Å²) in [5.41, 5.74) is 9.15. The lowest BCUT2D eigenvalue weighted by molar-refractivity contribution is 0.0726. The van der Waals surface area contributed by atoms with Crippen LogP contribution in [0, 0.1) is 5.92 Å². The number of ether oxygens (including phenoxy) is 1. The van der Waals surface area contributed by atoms with Gasteiger partial charge in [-0.05, 0) is 68.4 Å². The van der Waals surface area contributed by atoms with Gasteiger partial charge in [-0.2, -0.15) is 13.1 Å². The minimum absolute atomic E-state index is 0.0116. The molecule has 1 saturated carbocycles. The van der Waals surface area contributed by atoms with Gasteiger partial charge in [-0.1, -0.05) is 0 Å². The van der Waals surface area contributed by atoms with E-state index in [4.69, 9.17) is 15.5 Å². The molecule has 0 unspecified atom stereocenters. The lowest BCUT2D eigenvalue weighted by Crippen LogP contribution is -2.40. The van der Waals surface area contributed by atoms with Crippen LogP contribution in [0.25, 0.3) is 33.6 Å². The van der Waals surface area contributed by atoms with Crippen molar-refractivity contribution in [1.82, 2.24) is 24.0 Å². The second kappa shape index (κ2) is 9.88. The number of benzene rings is 1. The highest BCUT2D eigenvalue weighted by molar-refractivity contribution is 7.92. The number of rotatable bonds is 8. The van der Waals surface area contributed by atoms with Crippen molar-refractivity contribution in [2.45, 2.75) is 63.3 Å². The highest BCUT2D eigenvalue weighted by atomic mass is 32.2. The fourth-order valence-electron chi connectivity index (χ4n) is 6.90. The van der Waals surface area contributed by atoms with E-state index in [0.717, 1.165) is 38.4 Å². The molecule has 7 rings (SSSR count). The predicted octanol–water partition coefficient (Wildman–Crippen LogP) is 3.70. The summed E-state index contributed by atoms with van der Waals surface area (Å²) in [5, 5.41) is 0.665. The molecule has 3 aromatic heterocycles. The van der Waals surface area contributed by atoms with Crippen molar-refractivity contribution in [2.24, 2.45) is 18.7 Å². The van der Waals surface area contributed by atoms with E-state index in [-0.39, 0.29) is 34.2 Å². The van der Waals surface area contributed by atoms with Crippen molar-refractivity contribution in [3.05, 3.63) is 35.9 Å². The summed E-state index contributed by atoms with van der Waals surface area (Å²) >= 11 is 0. The Bertz CT molecular complexity index is 1880. The molecular weight excluding hydrogens is 580 g/mol. The zero-order chi connectivity index (χ0) is 30.4.